The highest BCUT2D eigenvalue weighted by molar-refractivity contribution is 14.1. The molecule has 1 rings (SSSR count). The van der Waals surface area contributed by atoms with Crippen LogP contribution in [0.5, 0.6) is 0 Å². The predicted octanol–water partition coefficient (Wildman–Crippen LogP) is 3.62. The first-order valence-corrected chi connectivity index (χ1v) is 7.37. The molecule has 1 aromatic rings. The summed E-state index contributed by atoms with van der Waals surface area (Å²) in [5.41, 5.74) is 0.608. The van der Waals surface area contributed by atoms with Gasteiger partial charge in [0.15, 0.2) is 0 Å². The average molecular weight is 434 g/mol. The summed E-state index contributed by atoms with van der Waals surface area (Å²) in [7, 11) is 0. The van der Waals surface area contributed by atoms with E-state index in [4.69, 9.17) is 4.74 Å². The van der Waals surface area contributed by atoms with Crippen LogP contribution in [0.25, 0.3) is 0 Å². The van der Waals surface area contributed by atoms with E-state index in [-0.39, 0.29) is 24.1 Å². The van der Waals surface area contributed by atoms with Crippen molar-refractivity contribution in [2.75, 3.05) is 6.61 Å². The van der Waals surface area contributed by atoms with Crippen LogP contribution in [0.15, 0.2) is 6.07 Å². The molecule has 0 bridgehead atoms. The number of aromatic nitrogens is 1. The number of alkyl halides is 3. The maximum Gasteiger partial charge on any atom is 0.310 e. The van der Waals surface area contributed by atoms with Gasteiger partial charge < -0.3 is 4.74 Å². The van der Waals surface area contributed by atoms with Gasteiger partial charge in [-0.1, -0.05) is 15.9 Å². The van der Waals surface area contributed by atoms with Gasteiger partial charge in [-0.25, -0.2) is 13.8 Å². The van der Waals surface area contributed by atoms with Crippen LogP contribution < -0.4 is 0 Å². The van der Waals surface area contributed by atoms with Crippen LogP contribution in [-0.4, -0.2) is 17.6 Å². The topological polar surface area (TPSA) is 39.2 Å². The third-order valence-corrected chi connectivity index (χ3v) is 3.31. The highest BCUT2D eigenvalue weighted by atomic mass is 127. The van der Waals surface area contributed by atoms with Crippen LogP contribution in [0.1, 0.15) is 30.2 Å². The molecule has 0 spiro atoms. The molecule has 100 valence electrons. The zero-order valence-electron chi connectivity index (χ0n) is 9.55. The van der Waals surface area contributed by atoms with E-state index in [1.54, 1.807) is 13.0 Å². The van der Waals surface area contributed by atoms with Crippen molar-refractivity contribution in [1.29, 1.82) is 0 Å². The lowest BCUT2D eigenvalue weighted by Crippen LogP contribution is -2.12. The molecule has 0 saturated carbocycles. The summed E-state index contributed by atoms with van der Waals surface area (Å²) < 4.78 is 31.0. The summed E-state index contributed by atoms with van der Waals surface area (Å²) >= 11 is 5.01. The molecular formula is C11H11BrF2INO2. The van der Waals surface area contributed by atoms with Crippen LogP contribution >= 0.6 is 38.5 Å². The molecule has 1 aromatic heterocycles. The zero-order chi connectivity index (χ0) is 13.7. The van der Waals surface area contributed by atoms with E-state index in [0.29, 0.717) is 14.8 Å². The van der Waals surface area contributed by atoms with Crippen molar-refractivity contribution in [1.82, 2.24) is 4.98 Å². The van der Waals surface area contributed by atoms with Gasteiger partial charge >= 0.3 is 5.97 Å². The third-order valence-electron chi connectivity index (χ3n) is 2.20. The van der Waals surface area contributed by atoms with Gasteiger partial charge in [-0.05, 0) is 46.7 Å². The van der Waals surface area contributed by atoms with Crippen LogP contribution in [0.2, 0.25) is 0 Å². The van der Waals surface area contributed by atoms with Gasteiger partial charge in [0.2, 0.25) is 0 Å². The Morgan fingerprint density at radius 2 is 2.28 bits per heavy atom. The van der Waals surface area contributed by atoms with Gasteiger partial charge in [-0.15, -0.1) is 0 Å². The van der Waals surface area contributed by atoms with Crippen molar-refractivity contribution in [3.63, 3.8) is 0 Å². The lowest BCUT2D eigenvalue weighted by Gasteiger charge is -2.12. The molecule has 0 amide bonds. The first kappa shape index (κ1) is 15.7. The van der Waals surface area contributed by atoms with Crippen molar-refractivity contribution in [2.45, 2.75) is 25.1 Å². The molecule has 7 heteroatoms. The molecule has 0 saturated heterocycles. The van der Waals surface area contributed by atoms with Crippen molar-refractivity contribution in [3.8, 4) is 0 Å². The molecule has 0 fully saturated rings. The number of hydrogen-bond acceptors (Lipinski definition) is 3. The minimum Gasteiger partial charge on any atom is -0.466 e. The largest absolute Gasteiger partial charge is 0.466 e. The molecule has 0 N–H and O–H groups in total. The number of carbonyl (C=O) groups excluding carboxylic acids is 1. The van der Waals surface area contributed by atoms with E-state index >= 15 is 0 Å². The fraction of sp³-hybridized carbons (Fsp3) is 0.455. The molecule has 0 atom stereocenters. The molecule has 1 heterocycles. The minimum absolute atomic E-state index is 0.0208. The Balaban J connectivity index is 3.13. The average Bonchev–Trinajstić information content (AvgIpc) is 2.28. The van der Waals surface area contributed by atoms with Gasteiger partial charge in [0.25, 0.3) is 6.43 Å². The summed E-state index contributed by atoms with van der Waals surface area (Å²) in [6.45, 7) is 1.97. The van der Waals surface area contributed by atoms with E-state index < -0.39 is 12.4 Å². The van der Waals surface area contributed by atoms with Crippen LogP contribution in [0, 0.1) is 3.70 Å². The number of nitrogens with zero attached hydrogens (tertiary/aromatic N) is 1. The van der Waals surface area contributed by atoms with Crippen molar-refractivity contribution < 1.29 is 18.3 Å². The molecule has 3 nitrogen and oxygen atoms in total. The van der Waals surface area contributed by atoms with Crippen molar-refractivity contribution >= 4 is 44.5 Å². The van der Waals surface area contributed by atoms with Gasteiger partial charge in [-0.2, -0.15) is 0 Å². The molecule has 0 aliphatic heterocycles. The molecule has 18 heavy (non-hydrogen) atoms. The van der Waals surface area contributed by atoms with Gasteiger partial charge in [0.05, 0.1) is 13.0 Å². The number of hydrogen-bond donors (Lipinski definition) is 0. The molecule has 0 radical (unpaired) electrons. The monoisotopic (exact) mass is 433 g/mol. The maximum atomic E-state index is 12.9. The number of ether oxygens (including phenoxy) is 1. The van der Waals surface area contributed by atoms with Gasteiger partial charge in [0, 0.05) is 5.33 Å². The second-order valence-corrected chi connectivity index (χ2v) is 5.05. The first-order valence-electron chi connectivity index (χ1n) is 5.17. The molecule has 0 aliphatic rings. The Kier molecular flexibility index (Phi) is 6.40. The summed E-state index contributed by atoms with van der Waals surface area (Å²) in [6.07, 6.45) is -2.68. The Morgan fingerprint density at radius 3 is 2.78 bits per heavy atom. The summed E-state index contributed by atoms with van der Waals surface area (Å²) in [4.78, 5) is 15.2. The van der Waals surface area contributed by atoms with E-state index in [1.165, 1.54) is 0 Å². The quantitative estimate of drug-likeness (QED) is 0.308. The lowest BCUT2D eigenvalue weighted by molar-refractivity contribution is -0.142. The number of halogens is 4. The first-order chi connectivity index (χ1) is 8.49. The summed E-state index contributed by atoms with van der Waals surface area (Å²) in [5.74, 6) is -0.429. The Labute approximate surface area is 126 Å². The van der Waals surface area contributed by atoms with Crippen LogP contribution in [-0.2, 0) is 21.3 Å². The normalized spacial score (nSPS) is 10.8. The summed E-state index contributed by atoms with van der Waals surface area (Å²) in [6, 6.07) is 1.62. The standard InChI is InChI=1S/C11H11BrF2INO2/c1-2-18-9(17)4-6-3-8(15)16-10(11(13)14)7(6)5-12/h3,11H,2,4-5H2,1H3. The van der Waals surface area contributed by atoms with E-state index in [1.807, 2.05) is 22.6 Å². The van der Waals surface area contributed by atoms with Gasteiger partial charge in [-0.3, -0.25) is 4.79 Å². The van der Waals surface area contributed by atoms with Crippen LogP contribution in [0.3, 0.4) is 0 Å². The SMILES string of the molecule is CCOC(=O)Cc1cc(I)nc(C(F)F)c1CBr. The molecular weight excluding hydrogens is 423 g/mol. The van der Waals surface area contributed by atoms with Crippen LogP contribution in [0.4, 0.5) is 8.78 Å². The minimum atomic E-state index is -2.66. The maximum absolute atomic E-state index is 12.9. The predicted molar refractivity (Wildman–Crippen MR) is 74.9 cm³/mol. The highest BCUT2D eigenvalue weighted by Gasteiger charge is 2.20. The Bertz CT molecular complexity index is 443. The second-order valence-electron chi connectivity index (χ2n) is 3.38. The Morgan fingerprint density at radius 1 is 1.61 bits per heavy atom. The van der Waals surface area contributed by atoms with Crippen molar-refractivity contribution in [3.05, 3.63) is 26.6 Å². The molecule has 0 unspecified atom stereocenters. The second kappa shape index (κ2) is 7.32. The summed E-state index contributed by atoms with van der Waals surface area (Å²) in [5, 5.41) is 0.228. The fourth-order valence-corrected chi connectivity index (χ4v) is 2.75. The van der Waals surface area contributed by atoms with E-state index in [2.05, 4.69) is 20.9 Å². The number of carbonyl (C=O) groups is 1. The molecule has 0 aromatic carbocycles. The van der Waals surface area contributed by atoms with Gasteiger partial charge in [0.1, 0.15) is 9.39 Å². The smallest absolute Gasteiger partial charge is 0.310 e. The lowest BCUT2D eigenvalue weighted by atomic mass is 10.1. The third kappa shape index (κ3) is 4.11. The van der Waals surface area contributed by atoms with E-state index in [9.17, 15) is 13.6 Å². The number of pyridine rings is 1. The fourth-order valence-electron chi connectivity index (χ4n) is 1.47. The van der Waals surface area contributed by atoms with E-state index in [0.717, 1.165) is 0 Å². The zero-order valence-corrected chi connectivity index (χ0v) is 13.3. The Hall–Kier alpha value is -0.310. The number of esters is 1. The highest BCUT2D eigenvalue weighted by Crippen LogP contribution is 2.27. The van der Waals surface area contributed by atoms with Crippen molar-refractivity contribution in [2.24, 2.45) is 0 Å². The molecule has 0 aliphatic carbocycles. The number of rotatable bonds is 5.